The summed E-state index contributed by atoms with van der Waals surface area (Å²) in [6, 6.07) is 9.26. The number of thiazole rings is 1. The van der Waals surface area contributed by atoms with Gasteiger partial charge in [-0.2, -0.15) is 0 Å². The molecule has 3 heterocycles. The van der Waals surface area contributed by atoms with Gasteiger partial charge in [-0.15, -0.1) is 22.7 Å². The minimum atomic E-state index is -0.132. The first-order valence-corrected chi connectivity index (χ1v) is 9.08. The molecule has 4 rings (SSSR count). The van der Waals surface area contributed by atoms with Crippen LogP contribution in [0.25, 0.3) is 10.6 Å². The Balaban J connectivity index is 1.41. The van der Waals surface area contributed by atoms with Crippen LogP contribution in [0.15, 0.2) is 35.7 Å². The van der Waals surface area contributed by atoms with E-state index in [0.717, 1.165) is 20.5 Å². The van der Waals surface area contributed by atoms with Crippen LogP contribution < -0.4 is 14.8 Å². The molecule has 24 heavy (non-hydrogen) atoms. The number of thiophene rings is 1. The number of rotatable bonds is 4. The zero-order chi connectivity index (χ0) is 16.5. The highest BCUT2D eigenvalue weighted by Gasteiger charge is 2.16. The van der Waals surface area contributed by atoms with Crippen molar-refractivity contribution in [3.8, 4) is 22.1 Å². The molecule has 0 spiro atoms. The van der Waals surface area contributed by atoms with Gasteiger partial charge in [-0.25, -0.2) is 4.98 Å². The molecule has 0 bridgehead atoms. The number of ether oxygens (including phenoxy) is 2. The van der Waals surface area contributed by atoms with E-state index in [2.05, 4.69) is 15.7 Å². The van der Waals surface area contributed by atoms with Gasteiger partial charge in [0.2, 0.25) is 6.79 Å². The third-order valence-corrected chi connectivity index (χ3v) is 5.47. The van der Waals surface area contributed by atoms with Gasteiger partial charge in [-0.05, 0) is 37.3 Å². The highest BCUT2D eigenvalue weighted by molar-refractivity contribution is 7.16. The lowest BCUT2D eigenvalue weighted by atomic mass is 10.2. The Morgan fingerprint density at radius 2 is 2.12 bits per heavy atom. The second-order valence-corrected chi connectivity index (χ2v) is 7.50. The van der Waals surface area contributed by atoms with Crippen LogP contribution in [0.2, 0.25) is 0 Å². The second-order valence-electron chi connectivity index (χ2n) is 5.27. The molecule has 1 amide bonds. The maximum absolute atomic E-state index is 12.3. The molecule has 2 aromatic heterocycles. The fraction of sp³-hybridized carbons (Fsp3) is 0.176. The van der Waals surface area contributed by atoms with Crippen LogP contribution in [-0.2, 0) is 6.54 Å². The molecule has 1 aliphatic rings. The molecule has 7 heteroatoms. The van der Waals surface area contributed by atoms with Gasteiger partial charge >= 0.3 is 0 Å². The second kappa shape index (κ2) is 6.26. The van der Waals surface area contributed by atoms with Crippen LogP contribution in [0.3, 0.4) is 0 Å². The van der Waals surface area contributed by atoms with E-state index in [1.54, 1.807) is 40.9 Å². The summed E-state index contributed by atoms with van der Waals surface area (Å²) >= 11 is 3.28. The summed E-state index contributed by atoms with van der Waals surface area (Å²) in [7, 11) is 0. The Morgan fingerprint density at radius 1 is 1.25 bits per heavy atom. The summed E-state index contributed by atoms with van der Waals surface area (Å²) in [5, 5.41) is 6.04. The first kappa shape index (κ1) is 15.2. The fourth-order valence-corrected chi connectivity index (χ4v) is 3.99. The molecule has 0 saturated carbocycles. The van der Waals surface area contributed by atoms with Crippen molar-refractivity contribution < 1.29 is 14.3 Å². The first-order chi connectivity index (χ1) is 11.7. The van der Waals surface area contributed by atoms with Crippen LogP contribution >= 0.6 is 22.7 Å². The van der Waals surface area contributed by atoms with Gasteiger partial charge in [-0.1, -0.05) is 0 Å². The predicted octanol–water partition coefficient (Wildman–Crippen LogP) is 3.84. The number of carbonyl (C=O) groups excluding carboxylic acids is 1. The predicted molar refractivity (Wildman–Crippen MR) is 93.9 cm³/mol. The quantitative estimate of drug-likeness (QED) is 0.770. The minimum absolute atomic E-state index is 0.132. The van der Waals surface area contributed by atoms with E-state index in [4.69, 9.17) is 9.47 Å². The van der Waals surface area contributed by atoms with Crippen molar-refractivity contribution in [2.75, 3.05) is 6.79 Å². The molecule has 1 aliphatic heterocycles. The minimum Gasteiger partial charge on any atom is -0.454 e. The molecule has 1 aromatic carbocycles. The van der Waals surface area contributed by atoms with Gasteiger partial charge in [0.25, 0.3) is 5.91 Å². The third kappa shape index (κ3) is 3.00. The maximum atomic E-state index is 12.3. The molecule has 0 atom stereocenters. The molecule has 3 aromatic rings. The van der Waals surface area contributed by atoms with Crippen molar-refractivity contribution in [1.29, 1.82) is 0 Å². The van der Waals surface area contributed by atoms with Crippen molar-refractivity contribution >= 4 is 28.6 Å². The van der Waals surface area contributed by atoms with Crippen molar-refractivity contribution in [3.05, 3.63) is 51.2 Å². The van der Waals surface area contributed by atoms with E-state index in [9.17, 15) is 4.79 Å². The van der Waals surface area contributed by atoms with Gasteiger partial charge in [-0.3, -0.25) is 4.79 Å². The average Bonchev–Trinajstić information content (AvgIpc) is 3.31. The number of aromatic nitrogens is 1. The summed E-state index contributed by atoms with van der Waals surface area (Å²) in [5.41, 5.74) is 1.56. The van der Waals surface area contributed by atoms with Crippen LogP contribution in [0.5, 0.6) is 11.5 Å². The van der Waals surface area contributed by atoms with Crippen LogP contribution in [0.1, 0.15) is 20.2 Å². The number of fused-ring (bicyclic) bond motifs is 1. The maximum Gasteiger partial charge on any atom is 0.251 e. The number of aryl methyl sites for hydroxylation is 1. The SMILES string of the molecule is Cc1nc(-c2ccc(CNC(=O)c3ccc4c(c3)OCO4)s2)cs1. The number of benzene rings is 1. The highest BCUT2D eigenvalue weighted by Crippen LogP contribution is 2.32. The molecule has 0 aliphatic carbocycles. The lowest BCUT2D eigenvalue weighted by molar-refractivity contribution is 0.0951. The third-order valence-electron chi connectivity index (χ3n) is 3.59. The van der Waals surface area contributed by atoms with Gasteiger partial charge < -0.3 is 14.8 Å². The fourth-order valence-electron chi connectivity index (χ4n) is 2.39. The van der Waals surface area contributed by atoms with Crippen molar-refractivity contribution in [1.82, 2.24) is 10.3 Å². The van der Waals surface area contributed by atoms with Gasteiger partial charge in [0, 0.05) is 15.8 Å². The van der Waals surface area contributed by atoms with Gasteiger partial charge in [0.15, 0.2) is 11.5 Å². The summed E-state index contributed by atoms with van der Waals surface area (Å²) in [6.45, 7) is 2.68. The lowest BCUT2D eigenvalue weighted by Crippen LogP contribution is -2.22. The highest BCUT2D eigenvalue weighted by atomic mass is 32.1. The Morgan fingerprint density at radius 3 is 2.96 bits per heavy atom. The van der Waals surface area contributed by atoms with Crippen LogP contribution in [0, 0.1) is 6.92 Å². The number of nitrogens with zero attached hydrogens (tertiary/aromatic N) is 1. The molecular weight excluding hydrogens is 344 g/mol. The smallest absolute Gasteiger partial charge is 0.251 e. The molecule has 0 radical (unpaired) electrons. The molecule has 0 saturated heterocycles. The topological polar surface area (TPSA) is 60.5 Å². The number of carbonyl (C=O) groups is 1. The standard InChI is InChI=1S/C17H14N2O3S2/c1-10-19-13(8-23-10)16-5-3-12(24-16)7-18-17(20)11-2-4-14-15(6-11)22-9-21-14/h2-6,8H,7,9H2,1H3,(H,18,20). The van der Waals surface area contributed by atoms with E-state index in [1.807, 2.05) is 19.1 Å². The monoisotopic (exact) mass is 358 g/mol. The van der Waals surface area contributed by atoms with E-state index in [0.29, 0.717) is 23.6 Å². The zero-order valence-corrected chi connectivity index (χ0v) is 14.5. The number of hydrogen-bond acceptors (Lipinski definition) is 6. The molecule has 0 fully saturated rings. The van der Waals surface area contributed by atoms with Gasteiger partial charge in [0.1, 0.15) is 0 Å². The van der Waals surface area contributed by atoms with Crippen LogP contribution in [0.4, 0.5) is 0 Å². The molecular formula is C17H14N2O3S2. The van der Waals surface area contributed by atoms with Crippen molar-refractivity contribution in [2.24, 2.45) is 0 Å². The molecule has 0 unspecified atom stereocenters. The first-order valence-electron chi connectivity index (χ1n) is 7.38. The van der Waals surface area contributed by atoms with Gasteiger partial charge in [0.05, 0.1) is 22.1 Å². The molecule has 5 nitrogen and oxygen atoms in total. The lowest BCUT2D eigenvalue weighted by Gasteiger charge is -2.04. The number of nitrogens with one attached hydrogen (secondary N) is 1. The van der Waals surface area contributed by atoms with E-state index < -0.39 is 0 Å². The van der Waals surface area contributed by atoms with E-state index in [-0.39, 0.29) is 12.7 Å². The Labute approximate surface area is 146 Å². The number of amides is 1. The largest absolute Gasteiger partial charge is 0.454 e. The normalized spacial score (nSPS) is 12.4. The summed E-state index contributed by atoms with van der Waals surface area (Å²) in [5.74, 6) is 1.15. The number of hydrogen-bond donors (Lipinski definition) is 1. The summed E-state index contributed by atoms with van der Waals surface area (Å²) < 4.78 is 10.6. The van der Waals surface area contributed by atoms with Crippen molar-refractivity contribution in [3.63, 3.8) is 0 Å². The summed E-state index contributed by atoms with van der Waals surface area (Å²) in [4.78, 5) is 19.0. The molecule has 1 N–H and O–H groups in total. The molecule has 122 valence electrons. The Kier molecular flexibility index (Phi) is 3.95. The Bertz CT molecular complexity index is 901. The zero-order valence-electron chi connectivity index (χ0n) is 12.9. The van der Waals surface area contributed by atoms with Crippen molar-refractivity contribution in [2.45, 2.75) is 13.5 Å². The van der Waals surface area contributed by atoms with E-state index >= 15 is 0 Å². The van der Waals surface area contributed by atoms with E-state index in [1.165, 1.54) is 0 Å². The Hall–Kier alpha value is -2.38. The average molecular weight is 358 g/mol. The summed E-state index contributed by atoms with van der Waals surface area (Å²) in [6.07, 6.45) is 0. The van der Waals surface area contributed by atoms with Crippen LogP contribution in [-0.4, -0.2) is 17.7 Å².